The topological polar surface area (TPSA) is 137 Å². The summed E-state index contributed by atoms with van der Waals surface area (Å²) < 4.78 is 0. The summed E-state index contributed by atoms with van der Waals surface area (Å²) in [5, 5.41) is 37.1. The molecule has 0 rings (SSSR count). The Kier molecular flexibility index (Phi) is 13.4. The number of aliphatic carboxylic acids is 2. The lowest BCUT2D eigenvalue weighted by atomic mass is 10.5. The zero-order valence-corrected chi connectivity index (χ0v) is 8.09. The van der Waals surface area contributed by atoms with Crippen molar-refractivity contribution in [2.45, 2.75) is 0 Å². The van der Waals surface area contributed by atoms with Gasteiger partial charge in [-0.15, -0.1) is 0 Å². The van der Waals surface area contributed by atoms with Crippen molar-refractivity contribution in [1.82, 2.24) is 0 Å². The minimum absolute atomic E-state index is 0.194. The molecule has 0 atom stereocenters. The number of hydrogen-bond donors (Lipinski definition) is 3. The van der Waals surface area contributed by atoms with Gasteiger partial charge in [-0.3, -0.25) is 0 Å². The number of carboxylic acid groups (broad SMARTS) is 2. The molecular formula is C8H14NO6-. The van der Waals surface area contributed by atoms with Gasteiger partial charge in [0.05, 0.1) is 38.2 Å². The van der Waals surface area contributed by atoms with Gasteiger partial charge in [0.25, 0.3) is 0 Å². The molecule has 15 heavy (non-hydrogen) atoms. The third kappa shape index (κ3) is 24.5. The average molecular weight is 220 g/mol. The van der Waals surface area contributed by atoms with Crippen molar-refractivity contribution < 1.29 is 35.3 Å². The molecule has 88 valence electrons. The lowest BCUT2D eigenvalue weighted by Gasteiger charge is -1.91. The first-order valence-electron chi connectivity index (χ1n) is 4.18. The number of aliphatic hydroxyl groups excluding tert-OH is 2. The summed E-state index contributed by atoms with van der Waals surface area (Å²) in [4.78, 5) is 18.8. The largest absolute Gasteiger partial charge is 0.545 e. The third-order valence-corrected chi connectivity index (χ3v) is 1.02. The molecule has 0 aliphatic heterocycles. The number of carbonyl (C=O) groups is 2. The summed E-state index contributed by atoms with van der Waals surface area (Å²) in [7, 11) is 0. The van der Waals surface area contributed by atoms with Crippen molar-refractivity contribution in [2.75, 3.05) is 26.3 Å². The van der Waals surface area contributed by atoms with E-state index in [-0.39, 0.29) is 13.2 Å². The highest BCUT2D eigenvalue weighted by Crippen LogP contribution is 1.64. The molecule has 0 aromatic rings. The van der Waals surface area contributed by atoms with Crippen LogP contribution in [0.25, 0.3) is 0 Å². The summed E-state index contributed by atoms with van der Waals surface area (Å²) in [6.45, 7) is 1.78. The molecule has 0 aliphatic carbocycles. The lowest BCUT2D eigenvalue weighted by Crippen LogP contribution is -2.85. The third-order valence-electron chi connectivity index (χ3n) is 1.02. The second-order valence-electron chi connectivity index (χ2n) is 2.28. The Balaban J connectivity index is 0. The van der Waals surface area contributed by atoms with Crippen LogP contribution in [0.1, 0.15) is 0 Å². The molecule has 7 nitrogen and oxygen atoms in total. The van der Waals surface area contributed by atoms with Crippen LogP contribution in [0.2, 0.25) is 0 Å². The zero-order valence-electron chi connectivity index (χ0n) is 8.09. The fourth-order valence-electron chi connectivity index (χ4n) is 0.463. The maximum absolute atomic E-state index is 9.41. The van der Waals surface area contributed by atoms with E-state index in [1.807, 2.05) is 5.32 Å². The van der Waals surface area contributed by atoms with Gasteiger partial charge in [-0.25, -0.2) is 0 Å². The van der Waals surface area contributed by atoms with E-state index in [2.05, 4.69) is 0 Å². The summed E-state index contributed by atoms with van der Waals surface area (Å²) in [5.41, 5.74) is 0. The van der Waals surface area contributed by atoms with E-state index in [0.29, 0.717) is 25.2 Å². The molecule has 0 unspecified atom stereocenters. The Labute approximate surface area is 86.7 Å². The quantitative estimate of drug-likeness (QED) is 0.302. The number of quaternary nitrogens is 1. The molecule has 0 aromatic carbocycles. The van der Waals surface area contributed by atoms with Gasteiger partial charge >= 0.3 is 0 Å². The van der Waals surface area contributed by atoms with Crippen LogP contribution < -0.4 is 15.5 Å². The zero-order chi connectivity index (χ0) is 12.1. The van der Waals surface area contributed by atoms with E-state index in [0.717, 1.165) is 0 Å². The second kappa shape index (κ2) is 12.6. The minimum atomic E-state index is -1.55. The Hall–Kier alpha value is -1.44. The highest BCUT2D eigenvalue weighted by atomic mass is 16.4. The number of carboxylic acids is 2. The van der Waals surface area contributed by atoms with Gasteiger partial charge in [0, 0.05) is 0 Å². The van der Waals surface area contributed by atoms with Crippen LogP contribution in [0.4, 0.5) is 0 Å². The van der Waals surface area contributed by atoms with Crippen LogP contribution in [-0.4, -0.2) is 48.5 Å². The van der Waals surface area contributed by atoms with Gasteiger partial charge in [0.1, 0.15) is 0 Å². The van der Waals surface area contributed by atoms with Crippen molar-refractivity contribution in [3.63, 3.8) is 0 Å². The predicted molar refractivity (Wildman–Crippen MR) is 45.0 cm³/mol. The van der Waals surface area contributed by atoms with E-state index in [1.54, 1.807) is 0 Å². The first-order valence-corrected chi connectivity index (χ1v) is 4.18. The van der Waals surface area contributed by atoms with Crippen LogP contribution in [0, 0.1) is 0 Å². The van der Waals surface area contributed by atoms with Gasteiger partial charge in [0.2, 0.25) is 0 Å². The monoisotopic (exact) mass is 220 g/mol. The summed E-state index contributed by atoms with van der Waals surface area (Å²) in [6.07, 6.45) is 0.769. The number of rotatable bonds is 6. The molecule has 0 saturated carbocycles. The second-order valence-corrected chi connectivity index (χ2v) is 2.28. The summed E-state index contributed by atoms with van der Waals surface area (Å²) >= 11 is 0. The predicted octanol–water partition coefficient (Wildman–Crippen LogP) is -5.42. The van der Waals surface area contributed by atoms with Crippen molar-refractivity contribution in [3.05, 3.63) is 12.2 Å². The van der Waals surface area contributed by atoms with E-state index in [4.69, 9.17) is 10.2 Å². The van der Waals surface area contributed by atoms with Gasteiger partial charge in [-0.2, -0.15) is 0 Å². The standard InChI is InChI=1S/C4H11NO2.C4H4O4/c6-3-1-5-2-4-7;5-3(6)1-2-4(7)8/h5-7H,1-4H2;1-2H,(H,5,6)(H,7,8)/p-1/b;2-1-. The van der Waals surface area contributed by atoms with Gasteiger partial charge in [-0.1, -0.05) is 0 Å². The van der Waals surface area contributed by atoms with E-state index in [9.17, 15) is 19.8 Å². The molecule has 0 aliphatic rings. The molecule has 0 saturated heterocycles. The van der Waals surface area contributed by atoms with E-state index < -0.39 is 11.9 Å². The number of nitrogens with two attached hydrogens (primary N) is 1. The van der Waals surface area contributed by atoms with Crippen molar-refractivity contribution in [1.29, 1.82) is 0 Å². The maximum atomic E-state index is 9.41. The molecule has 0 aromatic heterocycles. The van der Waals surface area contributed by atoms with Gasteiger partial charge in [-0.05, 0) is 12.2 Å². The Morgan fingerprint density at radius 1 is 1.00 bits per heavy atom. The molecule has 4 N–H and O–H groups in total. The van der Waals surface area contributed by atoms with Crippen molar-refractivity contribution in [2.24, 2.45) is 0 Å². The Bertz CT molecular complexity index is 183. The fourth-order valence-corrected chi connectivity index (χ4v) is 0.463. The molecule has 7 heteroatoms. The Morgan fingerprint density at radius 2 is 1.33 bits per heavy atom. The SMILES string of the molecule is O=C([O-])/C=C\C(=O)[O-].OCC[NH2+]CCO. The van der Waals surface area contributed by atoms with Crippen LogP contribution in [0.15, 0.2) is 12.2 Å². The van der Waals surface area contributed by atoms with E-state index >= 15 is 0 Å². The first kappa shape index (κ1) is 16.0. The highest BCUT2D eigenvalue weighted by Gasteiger charge is 1.82. The normalized spacial score (nSPS) is 9.47. The number of carbonyl (C=O) groups excluding carboxylic acids is 2. The Morgan fingerprint density at radius 3 is 1.53 bits per heavy atom. The average Bonchev–Trinajstić information content (AvgIpc) is 2.17. The molecular weight excluding hydrogens is 206 g/mol. The molecule has 0 bridgehead atoms. The first-order chi connectivity index (χ1) is 7.04. The summed E-state index contributed by atoms with van der Waals surface area (Å²) in [5.74, 6) is -3.09. The van der Waals surface area contributed by atoms with Crippen molar-refractivity contribution in [3.8, 4) is 0 Å². The maximum Gasteiger partial charge on any atom is 0.0991 e. The number of aliphatic hydroxyl groups is 2. The molecule has 0 radical (unpaired) electrons. The molecule has 0 heterocycles. The van der Waals surface area contributed by atoms with Gasteiger partial charge < -0.3 is 35.3 Å². The molecule has 0 fully saturated rings. The lowest BCUT2D eigenvalue weighted by molar-refractivity contribution is -0.657. The van der Waals surface area contributed by atoms with Crippen LogP contribution >= 0.6 is 0 Å². The fraction of sp³-hybridized carbons (Fsp3) is 0.500. The summed E-state index contributed by atoms with van der Waals surface area (Å²) in [6, 6.07) is 0. The minimum Gasteiger partial charge on any atom is -0.545 e. The number of hydrogen-bond acceptors (Lipinski definition) is 6. The highest BCUT2D eigenvalue weighted by molar-refractivity contribution is 5.87. The van der Waals surface area contributed by atoms with E-state index in [1.165, 1.54) is 0 Å². The molecule has 0 spiro atoms. The van der Waals surface area contributed by atoms with Crippen LogP contribution in [0.5, 0.6) is 0 Å². The van der Waals surface area contributed by atoms with Crippen molar-refractivity contribution >= 4 is 11.9 Å². The smallest absolute Gasteiger partial charge is 0.0991 e. The molecule has 0 amide bonds. The van der Waals surface area contributed by atoms with Crippen LogP contribution in [0.3, 0.4) is 0 Å². The van der Waals surface area contributed by atoms with Crippen LogP contribution in [-0.2, 0) is 9.59 Å². The van der Waals surface area contributed by atoms with Gasteiger partial charge in [0.15, 0.2) is 0 Å².